The molecule has 6 rings (SSSR count). The number of carbonyl (C=O) groups is 4. The van der Waals surface area contributed by atoms with Crippen LogP contribution in [0.2, 0.25) is 0 Å². The van der Waals surface area contributed by atoms with Gasteiger partial charge in [0.25, 0.3) is 0 Å². The van der Waals surface area contributed by atoms with Crippen LogP contribution in [0, 0.1) is 17.3 Å². The number of hydrogen-bond donors (Lipinski definition) is 4. The zero-order valence-electron chi connectivity index (χ0n) is 31.0. The van der Waals surface area contributed by atoms with Crippen molar-refractivity contribution in [1.82, 2.24) is 25.8 Å². The number of nitrogens with zero attached hydrogens (tertiary/aromatic N) is 2. The molecule has 1 aliphatic heterocycles. The highest BCUT2D eigenvalue weighted by molar-refractivity contribution is 5.95. The summed E-state index contributed by atoms with van der Waals surface area (Å²) in [6.45, 7) is 9.93. The van der Waals surface area contributed by atoms with E-state index in [1.54, 1.807) is 7.11 Å². The third kappa shape index (κ3) is 8.26. The highest BCUT2D eigenvalue weighted by Gasteiger charge is 2.61. The Morgan fingerprint density at radius 3 is 2.45 bits per heavy atom. The minimum absolute atomic E-state index is 0.01000. The number of carboxylic acids is 1. The molecule has 1 saturated heterocycles. The third-order valence-corrected chi connectivity index (χ3v) is 10.9. The van der Waals surface area contributed by atoms with Crippen LogP contribution >= 0.6 is 0 Å². The number of carbonyl (C=O) groups excluding carboxylic acids is 3. The van der Waals surface area contributed by atoms with E-state index < -0.39 is 53.0 Å². The lowest BCUT2D eigenvalue weighted by Gasteiger charge is -2.34. The Labute approximate surface area is 310 Å². The Morgan fingerprint density at radius 2 is 1.81 bits per heavy atom. The van der Waals surface area contributed by atoms with Gasteiger partial charge in [0.05, 0.1) is 24.9 Å². The van der Waals surface area contributed by atoms with Gasteiger partial charge in [-0.15, -0.1) is 6.58 Å². The van der Waals surface area contributed by atoms with Crippen molar-refractivity contribution in [3.8, 4) is 22.8 Å². The Hall–Kier alpha value is -5.13. The predicted octanol–water partition coefficient (Wildman–Crippen LogP) is 5.70. The third-order valence-electron chi connectivity index (χ3n) is 10.9. The maximum absolute atomic E-state index is 14.2. The van der Waals surface area contributed by atoms with Crippen LogP contribution < -0.4 is 25.4 Å². The first-order chi connectivity index (χ1) is 25.3. The molecule has 1 aromatic heterocycles. The summed E-state index contributed by atoms with van der Waals surface area (Å²) >= 11 is 0. The number of methoxy groups -OCH3 is 1. The SMILES string of the molecule is C=CC1C[C@]1(NC(=O)[C@@H]1C[C@@H](Oc2cc(-c3ccccc3)nc3cc(OC)ccc23)CN1C(=O)N[C@H](C(=O)NCC1CCCCC1)C(C)(C)C)C(=O)O. The molecule has 1 unspecified atom stereocenters. The molecule has 3 fully saturated rings. The van der Waals surface area contributed by atoms with Crippen LogP contribution in [0.15, 0.2) is 67.3 Å². The van der Waals surface area contributed by atoms with E-state index in [0.29, 0.717) is 40.6 Å². The maximum Gasteiger partial charge on any atom is 0.330 e. The molecule has 0 bridgehead atoms. The summed E-state index contributed by atoms with van der Waals surface area (Å²) in [7, 11) is 1.58. The van der Waals surface area contributed by atoms with Crippen LogP contribution in [0.3, 0.4) is 0 Å². The van der Waals surface area contributed by atoms with Gasteiger partial charge >= 0.3 is 12.0 Å². The number of amides is 4. The number of carboxylic acid groups (broad SMARTS) is 1. The number of benzene rings is 2. The molecule has 12 heteroatoms. The summed E-state index contributed by atoms with van der Waals surface area (Å²) in [5.41, 5.74) is 0.0495. The molecule has 5 atom stereocenters. The van der Waals surface area contributed by atoms with E-state index in [-0.39, 0.29) is 25.3 Å². The molecular formula is C41H51N5O7. The fourth-order valence-electron chi connectivity index (χ4n) is 7.63. The highest BCUT2D eigenvalue weighted by Crippen LogP contribution is 2.45. The minimum Gasteiger partial charge on any atom is -0.497 e. The Kier molecular flexibility index (Phi) is 11.0. The Bertz CT molecular complexity index is 1850. The van der Waals surface area contributed by atoms with Crippen molar-refractivity contribution >= 4 is 34.7 Å². The molecule has 2 aromatic carbocycles. The molecule has 3 aromatic rings. The van der Waals surface area contributed by atoms with E-state index in [2.05, 4.69) is 22.5 Å². The molecule has 3 aliphatic rings. The van der Waals surface area contributed by atoms with Gasteiger partial charge in [-0.05, 0) is 42.7 Å². The van der Waals surface area contributed by atoms with Gasteiger partial charge in [0.1, 0.15) is 35.2 Å². The standard InChI is InChI=1S/C41H51N5O7/c1-6-27-22-41(27,38(49)50)45-36(47)33-20-29(24-46(33)39(51)44-35(40(2,3)4)37(48)42-23-25-13-9-7-10-14-25)53-34-21-31(26-15-11-8-12-16-26)43-32-19-28(52-5)17-18-30(32)34/h6,8,11-12,15-19,21,25,27,29,33,35H,1,7,9-10,13-14,20,22-24H2,2-5H3,(H,42,48)(H,44,51)(H,45,47)(H,49,50)/t27?,29-,33+,35-,41-/m1/s1. The Balaban J connectivity index is 1.28. The predicted molar refractivity (Wildman–Crippen MR) is 201 cm³/mol. The number of ether oxygens (including phenoxy) is 2. The molecular weight excluding hydrogens is 674 g/mol. The molecule has 53 heavy (non-hydrogen) atoms. The molecule has 2 saturated carbocycles. The van der Waals surface area contributed by atoms with E-state index >= 15 is 0 Å². The first-order valence-electron chi connectivity index (χ1n) is 18.6. The number of fused-ring (bicyclic) bond motifs is 1. The summed E-state index contributed by atoms with van der Waals surface area (Å²) in [5.74, 6) is -0.947. The molecule has 4 amide bonds. The number of likely N-dealkylation sites (tertiary alicyclic amines) is 1. The molecule has 2 heterocycles. The molecule has 282 valence electrons. The van der Waals surface area contributed by atoms with E-state index in [4.69, 9.17) is 14.5 Å². The lowest BCUT2D eigenvalue weighted by Crippen LogP contribution is -2.59. The smallest absolute Gasteiger partial charge is 0.330 e. The first-order valence-corrected chi connectivity index (χ1v) is 18.6. The lowest BCUT2D eigenvalue weighted by molar-refractivity contribution is -0.144. The number of nitrogens with one attached hydrogen (secondary N) is 3. The van der Waals surface area contributed by atoms with Gasteiger partial charge in [0.15, 0.2) is 0 Å². The van der Waals surface area contributed by atoms with Crippen LogP contribution in [0.5, 0.6) is 11.5 Å². The van der Waals surface area contributed by atoms with Gasteiger partial charge < -0.3 is 35.4 Å². The van der Waals surface area contributed by atoms with Crippen LogP contribution in [0.1, 0.15) is 65.7 Å². The van der Waals surface area contributed by atoms with Gasteiger partial charge in [0.2, 0.25) is 11.8 Å². The van der Waals surface area contributed by atoms with Crippen molar-refractivity contribution in [2.75, 3.05) is 20.2 Å². The van der Waals surface area contributed by atoms with Crippen LogP contribution in [0.4, 0.5) is 4.79 Å². The quantitative estimate of drug-likeness (QED) is 0.173. The lowest BCUT2D eigenvalue weighted by atomic mass is 9.85. The van der Waals surface area contributed by atoms with Gasteiger partial charge in [-0.2, -0.15) is 0 Å². The van der Waals surface area contributed by atoms with E-state index in [1.807, 2.05) is 75.4 Å². The molecule has 12 nitrogen and oxygen atoms in total. The van der Waals surface area contributed by atoms with Crippen molar-refractivity contribution in [1.29, 1.82) is 0 Å². The zero-order valence-corrected chi connectivity index (χ0v) is 31.0. The summed E-state index contributed by atoms with van der Waals surface area (Å²) in [5, 5.41) is 19.5. The largest absolute Gasteiger partial charge is 0.497 e. The maximum atomic E-state index is 14.2. The molecule has 4 N–H and O–H groups in total. The zero-order chi connectivity index (χ0) is 37.9. The van der Waals surface area contributed by atoms with Crippen molar-refractivity contribution < 1.29 is 33.8 Å². The van der Waals surface area contributed by atoms with E-state index in [1.165, 1.54) is 17.4 Å². The van der Waals surface area contributed by atoms with Crippen LogP contribution in [-0.2, 0) is 14.4 Å². The van der Waals surface area contributed by atoms with Gasteiger partial charge in [0, 0.05) is 42.0 Å². The average molecular weight is 726 g/mol. The molecule has 0 spiro atoms. The second kappa shape index (κ2) is 15.5. The van der Waals surface area contributed by atoms with Crippen molar-refractivity contribution in [3.05, 3.63) is 67.3 Å². The van der Waals surface area contributed by atoms with Crippen LogP contribution in [-0.4, -0.2) is 82.7 Å². The Morgan fingerprint density at radius 1 is 1.08 bits per heavy atom. The number of rotatable bonds is 12. The van der Waals surface area contributed by atoms with Crippen molar-refractivity contribution in [2.24, 2.45) is 17.3 Å². The van der Waals surface area contributed by atoms with Gasteiger partial charge in [-0.3, -0.25) is 9.59 Å². The average Bonchev–Trinajstić information content (AvgIpc) is 3.71. The van der Waals surface area contributed by atoms with Gasteiger partial charge in [-0.25, -0.2) is 14.6 Å². The van der Waals surface area contributed by atoms with Crippen molar-refractivity contribution in [2.45, 2.75) is 89.4 Å². The number of aliphatic carboxylic acids is 1. The highest BCUT2D eigenvalue weighted by atomic mass is 16.5. The number of aromatic nitrogens is 1. The number of urea groups is 1. The van der Waals surface area contributed by atoms with E-state index in [0.717, 1.165) is 31.2 Å². The van der Waals surface area contributed by atoms with E-state index in [9.17, 15) is 24.3 Å². The van der Waals surface area contributed by atoms with Crippen molar-refractivity contribution in [3.63, 3.8) is 0 Å². The molecule has 0 radical (unpaired) electrons. The second-order valence-electron chi connectivity index (χ2n) is 15.7. The summed E-state index contributed by atoms with van der Waals surface area (Å²) < 4.78 is 12.1. The summed E-state index contributed by atoms with van der Waals surface area (Å²) in [6, 6.07) is 14.4. The summed E-state index contributed by atoms with van der Waals surface area (Å²) in [6.07, 6.45) is 6.80. The minimum atomic E-state index is -1.49. The number of pyridine rings is 1. The van der Waals surface area contributed by atoms with Gasteiger partial charge in [-0.1, -0.05) is 76.4 Å². The van der Waals surface area contributed by atoms with Crippen LogP contribution in [0.25, 0.3) is 22.2 Å². The first kappa shape index (κ1) is 37.6. The normalized spacial score (nSPS) is 23.5. The fraction of sp³-hybridized carbons (Fsp3) is 0.488. The summed E-state index contributed by atoms with van der Waals surface area (Å²) in [4.78, 5) is 60.4. The topological polar surface area (TPSA) is 159 Å². The number of hydrogen-bond acceptors (Lipinski definition) is 7. The fourth-order valence-corrected chi connectivity index (χ4v) is 7.63. The second-order valence-corrected chi connectivity index (χ2v) is 15.7. The molecule has 2 aliphatic carbocycles. The monoisotopic (exact) mass is 725 g/mol.